The number of benzene rings is 1. The molecule has 2 N–H and O–H groups in total. The zero-order valence-electron chi connectivity index (χ0n) is 11.6. The van der Waals surface area contributed by atoms with Crippen molar-refractivity contribution in [3.8, 4) is 0 Å². The standard InChI is InChI=1S/C14H18F3N3O/c15-14(16,17)5-4-13(21)20-8-6-19(7-9-20)12-3-1-2-11(18)10-12/h1-3,10H,4-9,18H2. The molecule has 1 aliphatic heterocycles. The van der Waals surface area contributed by atoms with Gasteiger partial charge in [0.25, 0.3) is 0 Å². The van der Waals surface area contributed by atoms with Crippen molar-refractivity contribution in [1.82, 2.24) is 4.90 Å². The van der Waals surface area contributed by atoms with Crippen molar-refractivity contribution >= 4 is 17.3 Å². The molecule has 0 unspecified atom stereocenters. The number of anilines is 2. The number of alkyl halides is 3. The van der Waals surface area contributed by atoms with Crippen LogP contribution in [0.25, 0.3) is 0 Å². The Morgan fingerprint density at radius 2 is 1.86 bits per heavy atom. The second-order valence-corrected chi connectivity index (χ2v) is 5.08. The molecule has 1 aromatic carbocycles. The molecule has 116 valence electrons. The van der Waals surface area contributed by atoms with Crippen LogP contribution in [0.2, 0.25) is 0 Å². The van der Waals surface area contributed by atoms with Crippen LogP contribution in [0.5, 0.6) is 0 Å². The summed E-state index contributed by atoms with van der Waals surface area (Å²) in [5.74, 6) is -0.431. The fraction of sp³-hybridized carbons (Fsp3) is 0.500. The minimum Gasteiger partial charge on any atom is -0.399 e. The molecule has 1 saturated heterocycles. The highest BCUT2D eigenvalue weighted by Crippen LogP contribution is 2.23. The molecular formula is C14H18F3N3O. The largest absolute Gasteiger partial charge is 0.399 e. The van der Waals surface area contributed by atoms with E-state index in [1.54, 1.807) is 6.07 Å². The Kier molecular flexibility index (Phi) is 4.59. The molecule has 1 amide bonds. The molecule has 1 aliphatic rings. The van der Waals surface area contributed by atoms with Gasteiger partial charge in [-0.15, -0.1) is 0 Å². The third-order valence-electron chi connectivity index (χ3n) is 3.49. The molecular weight excluding hydrogens is 283 g/mol. The zero-order valence-corrected chi connectivity index (χ0v) is 11.6. The minimum absolute atomic E-state index is 0.431. The molecule has 0 saturated carbocycles. The lowest BCUT2D eigenvalue weighted by Crippen LogP contribution is -2.48. The molecule has 7 heteroatoms. The van der Waals surface area contributed by atoms with Gasteiger partial charge in [-0.2, -0.15) is 13.2 Å². The lowest BCUT2D eigenvalue weighted by molar-refractivity contribution is -0.149. The van der Waals surface area contributed by atoms with Gasteiger partial charge in [0.2, 0.25) is 5.91 Å². The predicted molar refractivity (Wildman–Crippen MR) is 74.9 cm³/mol. The molecule has 1 aromatic rings. The van der Waals surface area contributed by atoms with Crippen LogP contribution in [0.3, 0.4) is 0 Å². The minimum atomic E-state index is -4.28. The van der Waals surface area contributed by atoms with Crippen molar-refractivity contribution < 1.29 is 18.0 Å². The number of carbonyl (C=O) groups is 1. The lowest BCUT2D eigenvalue weighted by Gasteiger charge is -2.36. The van der Waals surface area contributed by atoms with E-state index in [0.717, 1.165) is 5.69 Å². The van der Waals surface area contributed by atoms with Crippen LogP contribution in [-0.4, -0.2) is 43.2 Å². The summed E-state index contributed by atoms with van der Waals surface area (Å²) in [6.45, 7) is 2.07. The lowest BCUT2D eigenvalue weighted by atomic mass is 10.2. The third kappa shape index (κ3) is 4.54. The third-order valence-corrected chi connectivity index (χ3v) is 3.49. The highest BCUT2D eigenvalue weighted by molar-refractivity contribution is 5.76. The highest BCUT2D eigenvalue weighted by atomic mass is 19.4. The van der Waals surface area contributed by atoms with Gasteiger partial charge in [-0.1, -0.05) is 6.07 Å². The second kappa shape index (κ2) is 6.24. The zero-order chi connectivity index (χ0) is 15.5. The number of carbonyl (C=O) groups excluding carboxylic acids is 1. The quantitative estimate of drug-likeness (QED) is 0.871. The number of rotatable bonds is 3. The molecule has 2 rings (SSSR count). The Bertz CT molecular complexity index is 496. The van der Waals surface area contributed by atoms with E-state index < -0.39 is 24.9 Å². The van der Waals surface area contributed by atoms with E-state index in [-0.39, 0.29) is 0 Å². The first-order valence-electron chi connectivity index (χ1n) is 6.80. The number of hydrogen-bond acceptors (Lipinski definition) is 3. The van der Waals surface area contributed by atoms with Gasteiger partial charge in [-0.05, 0) is 18.2 Å². The predicted octanol–water partition coefficient (Wildman–Crippen LogP) is 2.26. The van der Waals surface area contributed by atoms with Gasteiger partial charge >= 0.3 is 6.18 Å². The summed E-state index contributed by atoms with van der Waals surface area (Å²) < 4.78 is 36.3. The van der Waals surface area contributed by atoms with Gasteiger partial charge in [-0.3, -0.25) is 4.79 Å². The topological polar surface area (TPSA) is 49.6 Å². The number of amides is 1. The SMILES string of the molecule is Nc1cccc(N2CCN(C(=O)CCC(F)(F)F)CC2)c1. The van der Waals surface area contributed by atoms with Crippen LogP contribution in [0, 0.1) is 0 Å². The van der Waals surface area contributed by atoms with Crippen LogP contribution < -0.4 is 10.6 Å². The molecule has 0 aliphatic carbocycles. The van der Waals surface area contributed by atoms with Crippen molar-refractivity contribution in [3.63, 3.8) is 0 Å². The fourth-order valence-corrected chi connectivity index (χ4v) is 2.34. The summed E-state index contributed by atoms with van der Waals surface area (Å²) >= 11 is 0. The Morgan fingerprint density at radius 3 is 2.43 bits per heavy atom. The van der Waals surface area contributed by atoms with E-state index in [9.17, 15) is 18.0 Å². The maximum absolute atomic E-state index is 12.1. The van der Waals surface area contributed by atoms with Gasteiger partial charge in [-0.25, -0.2) is 0 Å². The number of nitrogens with zero attached hydrogens (tertiary/aromatic N) is 2. The van der Waals surface area contributed by atoms with Crippen molar-refractivity contribution in [2.45, 2.75) is 19.0 Å². The first kappa shape index (κ1) is 15.5. The molecule has 0 atom stereocenters. The molecule has 0 bridgehead atoms. The number of nitrogens with two attached hydrogens (primary N) is 1. The Balaban J connectivity index is 1.84. The number of hydrogen-bond donors (Lipinski definition) is 1. The van der Waals surface area contributed by atoms with E-state index in [1.165, 1.54) is 4.90 Å². The average molecular weight is 301 g/mol. The van der Waals surface area contributed by atoms with Gasteiger partial charge in [0.05, 0.1) is 6.42 Å². The van der Waals surface area contributed by atoms with Crippen molar-refractivity contribution in [3.05, 3.63) is 24.3 Å². The Morgan fingerprint density at radius 1 is 1.19 bits per heavy atom. The molecule has 1 fully saturated rings. The average Bonchev–Trinajstić information content (AvgIpc) is 2.44. The summed E-state index contributed by atoms with van der Waals surface area (Å²) in [7, 11) is 0. The summed E-state index contributed by atoms with van der Waals surface area (Å²) in [6.07, 6.45) is -5.80. The van der Waals surface area contributed by atoms with Gasteiger partial charge in [0.15, 0.2) is 0 Å². The van der Waals surface area contributed by atoms with Crippen molar-refractivity contribution in [2.24, 2.45) is 0 Å². The molecule has 0 aromatic heterocycles. The second-order valence-electron chi connectivity index (χ2n) is 5.08. The molecule has 1 heterocycles. The van der Waals surface area contributed by atoms with Crippen LogP contribution in [0.15, 0.2) is 24.3 Å². The van der Waals surface area contributed by atoms with E-state index in [1.807, 2.05) is 18.2 Å². The first-order chi connectivity index (χ1) is 9.85. The van der Waals surface area contributed by atoms with Gasteiger partial charge < -0.3 is 15.5 Å². The van der Waals surface area contributed by atoms with Crippen LogP contribution in [-0.2, 0) is 4.79 Å². The van der Waals surface area contributed by atoms with Gasteiger partial charge in [0, 0.05) is 44.0 Å². The molecule has 0 spiro atoms. The first-order valence-corrected chi connectivity index (χ1v) is 6.80. The van der Waals surface area contributed by atoms with E-state index >= 15 is 0 Å². The van der Waals surface area contributed by atoms with Crippen LogP contribution in [0.4, 0.5) is 24.5 Å². The normalized spacial score (nSPS) is 16.1. The summed E-state index contributed by atoms with van der Waals surface area (Å²) in [4.78, 5) is 15.3. The maximum Gasteiger partial charge on any atom is 0.389 e. The Hall–Kier alpha value is -1.92. The van der Waals surface area contributed by atoms with Crippen molar-refractivity contribution in [2.75, 3.05) is 36.8 Å². The summed E-state index contributed by atoms with van der Waals surface area (Å²) in [5.41, 5.74) is 7.36. The number of piperazine rings is 1. The molecule has 0 radical (unpaired) electrons. The highest BCUT2D eigenvalue weighted by Gasteiger charge is 2.30. The van der Waals surface area contributed by atoms with E-state index in [0.29, 0.717) is 31.9 Å². The molecule has 4 nitrogen and oxygen atoms in total. The summed E-state index contributed by atoms with van der Waals surface area (Å²) in [5, 5.41) is 0. The maximum atomic E-state index is 12.1. The number of halogens is 3. The van der Waals surface area contributed by atoms with E-state index in [4.69, 9.17) is 5.73 Å². The fourth-order valence-electron chi connectivity index (χ4n) is 2.34. The number of nitrogen functional groups attached to an aromatic ring is 1. The van der Waals surface area contributed by atoms with Crippen LogP contribution >= 0.6 is 0 Å². The molecule has 21 heavy (non-hydrogen) atoms. The summed E-state index contributed by atoms with van der Waals surface area (Å²) in [6, 6.07) is 7.42. The smallest absolute Gasteiger partial charge is 0.389 e. The van der Waals surface area contributed by atoms with Gasteiger partial charge in [0.1, 0.15) is 0 Å². The van der Waals surface area contributed by atoms with Crippen LogP contribution in [0.1, 0.15) is 12.8 Å². The van der Waals surface area contributed by atoms with E-state index in [2.05, 4.69) is 4.90 Å². The monoisotopic (exact) mass is 301 g/mol. The van der Waals surface area contributed by atoms with Crippen molar-refractivity contribution in [1.29, 1.82) is 0 Å². The Labute approximate surface area is 121 Å².